The lowest BCUT2D eigenvalue weighted by Crippen LogP contribution is -1.78. The molecule has 28 heavy (non-hydrogen) atoms. The summed E-state index contributed by atoms with van der Waals surface area (Å²) < 4.78 is 11.0. The van der Waals surface area contributed by atoms with Crippen molar-refractivity contribution in [3.8, 4) is 11.1 Å². The first kappa shape index (κ1) is 17.7. The standard InChI is InChI=1S/C24H20N2O2/c1-17-3-13-23(27-17)15-25-21-9-5-19(6-10-21)20-7-11-22(12-8-20)26-16-24-14-4-18(2)28-24/h3-16H,1-2H3. The molecule has 0 bridgehead atoms. The van der Waals surface area contributed by atoms with E-state index in [0.29, 0.717) is 0 Å². The van der Waals surface area contributed by atoms with Gasteiger partial charge in [-0.25, -0.2) is 0 Å². The van der Waals surface area contributed by atoms with E-state index in [0.717, 1.165) is 45.5 Å². The zero-order valence-electron chi connectivity index (χ0n) is 15.8. The third-order valence-corrected chi connectivity index (χ3v) is 4.27. The lowest BCUT2D eigenvalue weighted by Gasteiger charge is -2.03. The van der Waals surface area contributed by atoms with Gasteiger partial charge in [0.05, 0.1) is 23.8 Å². The molecule has 0 atom stereocenters. The van der Waals surface area contributed by atoms with Crippen LogP contribution in [0.1, 0.15) is 23.0 Å². The minimum Gasteiger partial charge on any atom is -0.460 e. The Bertz CT molecular complexity index is 1020. The Morgan fingerprint density at radius 3 is 1.25 bits per heavy atom. The quantitative estimate of drug-likeness (QED) is 0.370. The maximum Gasteiger partial charge on any atom is 0.145 e. The van der Waals surface area contributed by atoms with Crippen LogP contribution in [0, 0.1) is 13.8 Å². The van der Waals surface area contributed by atoms with Gasteiger partial charge in [0.25, 0.3) is 0 Å². The number of hydrogen-bond donors (Lipinski definition) is 0. The van der Waals surface area contributed by atoms with Crippen LogP contribution in [0.5, 0.6) is 0 Å². The zero-order valence-corrected chi connectivity index (χ0v) is 15.8. The molecule has 0 saturated carbocycles. The molecule has 4 rings (SSSR count). The van der Waals surface area contributed by atoms with Gasteiger partial charge in [0, 0.05) is 0 Å². The van der Waals surface area contributed by atoms with Gasteiger partial charge >= 0.3 is 0 Å². The van der Waals surface area contributed by atoms with Crippen LogP contribution in [0.4, 0.5) is 11.4 Å². The fourth-order valence-electron chi connectivity index (χ4n) is 2.80. The van der Waals surface area contributed by atoms with Crippen LogP contribution >= 0.6 is 0 Å². The van der Waals surface area contributed by atoms with E-state index in [9.17, 15) is 0 Å². The minimum absolute atomic E-state index is 0.752. The number of rotatable bonds is 5. The van der Waals surface area contributed by atoms with E-state index in [-0.39, 0.29) is 0 Å². The summed E-state index contributed by atoms with van der Waals surface area (Å²) in [5, 5.41) is 0. The fraction of sp³-hybridized carbons (Fsp3) is 0.0833. The molecule has 2 heterocycles. The molecule has 0 aliphatic rings. The molecular weight excluding hydrogens is 348 g/mol. The molecule has 0 unspecified atom stereocenters. The maximum absolute atomic E-state index is 5.49. The zero-order chi connectivity index (χ0) is 19.3. The highest BCUT2D eigenvalue weighted by molar-refractivity contribution is 5.80. The Balaban J connectivity index is 1.44. The molecule has 4 nitrogen and oxygen atoms in total. The van der Waals surface area contributed by atoms with Crippen molar-refractivity contribution in [2.24, 2.45) is 9.98 Å². The van der Waals surface area contributed by atoms with Crippen molar-refractivity contribution in [2.75, 3.05) is 0 Å². The summed E-state index contributed by atoms with van der Waals surface area (Å²) in [4.78, 5) is 8.89. The minimum atomic E-state index is 0.752. The largest absolute Gasteiger partial charge is 0.460 e. The molecule has 0 aliphatic carbocycles. The van der Waals surface area contributed by atoms with Gasteiger partial charge < -0.3 is 8.83 Å². The number of nitrogens with zero attached hydrogens (tertiary/aromatic N) is 2. The van der Waals surface area contributed by atoms with Crippen LogP contribution in [0.25, 0.3) is 11.1 Å². The highest BCUT2D eigenvalue weighted by Gasteiger charge is 2.00. The molecular formula is C24H20N2O2. The first-order valence-electron chi connectivity index (χ1n) is 9.07. The molecule has 0 spiro atoms. The van der Waals surface area contributed by atoms with Gasteiger partial charge in [-0.05, 0) is 73.5 Å². The molecule has 0 N–H and O–H groups in total. The lowest BCUT2D eigenvalue weighted by atomic mass is 10.1. The third-order valence-electron chi connectivity index (χ3n) is 4.27. The predicted molar refractivity (Wildman–Crippen MR) is 113 cm³/mol. The van der Waals surface area contributed by atoms with E-state index in [4.69, 9.17) is 8.83 Å². The van der Waals surface area contributed by atoms with E-state index in [1.54, 1.807) is 12.4 Å². The van der Waals surface area contributed by atoms with Crippen LogP contribution in [-0.4, -0.2) is 12.4 Å². The Morgan fingerprint density at radius 1 is 0.536 bits per heavy atom. The van der Waals surface area contributed by atoms with Crippen LogP contribution in [0.3, 0.4) is 0 Å². The predicted octanol–water partition coefficient (Wildman–Crippen LogP) is 6.66. The molecule has 4 aromatic rings. The van der Waals surface area contributed by atoms with Gasteiger partial charge in [0.15, 0.2) is 0 Å². The van der Waals surface area contributed by atoms with Gasteiger partial charge in [0.2, 0.25) is 0 Å². The SMILES string of the molecule is Cc1ccc(C=Nc2ccc(-c3ccc(N=Cc4ccc(C)o4)cc3)cc2)o1. The fourth-order valence-corrected chi connectivity index (χ4v) is 2.80. The van der Waals surface area contributed by atoms with Crippen molar-refractivity contribution < 1.29 is 8.83 Å². The second-order valence-corrected chi connectivity index (χ2v) is 6.51. The van der Waals surface area contributed by atoms with Gasteiger partial charge in [-0.2, -0.15) is 0 Å². The van der Waals surface area contributed by atoms with Crippen LogP contribution in [0.15, 0.2) is 91.6 Å². The molecule has 0 amide bonds. The number of hydrogen-bond acceptors (Lipinski definition) is 4. The van der Waals surface area contributed by atoms with Crippen LogP contribution in [-0.2, 0) is 0 Å². The molecule has 2 aromatic heterocycles. The highest BCUT2D eigenvalue weighted by atomic mass is 16.3. The van der Waals surface area contributed by atoms with Crippen molar-refractivity contribution in [1.29, 1.82) is 0 Å². The molecule has 0 aliphatic heterocycles. The van der Waals surface area contributed by atoms with E-state index in [1.165, 1.54) is 0 Å². The topological polar surface area (TPSA) is 51.0 Å². The summed E-state index contributed by atoms with van der Waals surface area (Å²) >= 11 is 0. The van der Waals surface area contributed by atoms with Gasteiger partial charge in [-0.15, -0.1) is 0 Å². The third kappa shape index (κ3) is 4.35. The second-order valence-electron chi connectivity index (χ2n) is 6.51. The molecule has 0 saturated heterocycles. The van der Waals surface area contributed by atoms with Crippen molar-refractivity contribution in [3.05, 3.63) is 95.8 Å². The highest BCUT2D eigenvalue weighted by Crippen LogP contribution is 2.25. The van der Waals surface area contributed by atoms with Crippen molar-refractivity contribution in [2.45, 2.75) is 13.8 Å². The average Bonchev–Trinajstić information content (AvgIpc) is 3.33. The van der Waals surface area contributed by atoms with Crippen LogP contribution in [0.2, 0.25) is 0 Å². The number of aryl methyl sites for hydroxylation is 2. The summed E-state index contributed by atoms with van der Waals surface area (Å²) in [6, 6.07) is 23.9. The Kier molecular flexibility index (Phi) is 5.02. The normalized spacial score (nSPS) is 11.6. The van der Waals surface area contributed by atoms with E-state index < -0.39 is 0 Å². The summed E-state index contributed by atoms with van der Waals surface area (Å²) in [5.74, 6) is 3.26. The van der Waals surface area contributed by atoms with Crippen molar-refractivity contribution >= 4 is 23.8 Å². The van der Waals surface area contributed by atoms with Crippen molar-refractivity contribution in [1.82, 2.24) is 0 Å². The van der Waals surface area contributed by atoms with Gasteiger partial charge in [-0.3, -0.25) is 9.98 Å². The maximum atomic E-state index is 5.49. The molecule has 4 heteroatoms. The lowest BCUT2D eigenvalue weighted by molar-refractivity contribution is 0.527. The van der Waals surface area contributed by atoms with Crippen LogP contribution < -0.4 is 0 Å². The Morgan fingerprint density at radius 2 is 0.929 bits per heavy atom. The van der Waals surface area contributed by atoms with Gasteiger partial charge in [0.1, 0.15) is 23.0 Å². The van der Waals surface area contributed by atoms with Crippen molar-refractivity contribution in [3.63, 3.8) is 0 Å². The number of furan rings is 2. The first-order chi connectivity index (χ1) is 13.7. The molecule has 0 fully saturated rings. The first-order valence-corrected chi connectivity index (χ1v) is 9.07. The van der Waals surface area contributed by atoms with E-state index >= 15 is 0 Å². The summed E-state index contributed by atoms with van der Waals surface area (Å²) in [5.41, 5.74) is 4.02. The molecule has 138 valence electrons. The Labute approximate surface area is 163 Å². The smallest absolute Gasteiger partial charge is 0.145 e. The second kappa shape index (κ2) is 7.92. The van der Waals surface area contributed by atoms with Gasteiger partial charge in [-0.1, -0.05) is 24.3 Å². The summed E-state index contributed by atoms with van der Waals surface area (Å²) in [7, 11) is 0. The molecule has 2 aromatic carbocycles. The summed E-state index contributed by atoms with van der Waals surface area (Å²) in [6.07, 6.45) is 3.46. The summed E-state index contributed by atoms with van der Waals surface area (Å²) in [6.45, 7) is 3.83. The Hall–Kier alpha value is -3.66. The molecule has 0 radical (unpaired) electrons. The van der Waals surface area contributed by atoms with E-state index in [1.807, 2.05) is 62.4 Å². The monoisotopic (exact) mass is 368 g/mol. The number of benzene rings is 2. The van der Waals surface area contributed by atoms with E-state index in [2.05, 4.69) is 34.3 Å². The number of aliphatic imine (C=N–C) groups is 2. The average molecular weight is 368 g/mol.